The van der Waals surface area contributed by atoms with Crippen LogP contribution < -0.4 is 4.74 Å². The summed E-state index contributed by atoms with van der Waals surface area (Å²) in [6, 6.07) is 7.77. The number of carbonyl (C=O) groups is 1. The van der Waals surface area contributed by atoms with Gasteiger partial charge in [0, 0.05) is 25.1 Å². The molecule has 0 aliphatic carbocycles. The van der Waals surface area contributed by atoms with E-state index in [1.807, 2.05) is 24.3 Å². The van der Waals surface area contributed by atoms with Crippen molar-refractivity contribution in [1.29, 1.82) is 0 Å². The first-order valence-electron chi connectivity index (χ1n) is 6.52. The molecule has 1 saturated heterocycles. The Labute approximate surface area is 106 Å². The minimum Gasteiger partial charge on any atom is -0.493 e. The molecule has 1 fully saturated rings. The monoisotopic (exact) mass is 247 g/mol. The summed E-state index contributed by atoms with van der Waals surface area (Å²) in [5.74, 6) is 0.836. The van der Waals surface area contributed by atoms with Crippen molar-refractivity contribution in [2.45, 2.75) is 25.4 Å². The number of rotatable bonds is 1. The van der Waals surface area contributed by atoms with Crippen LogP contribution in [0.25, 0.3) is 0 Å². The van der Waals surface area contributed by atoms with Gasteiger partial charge < -0.3 is 14.4 Å². The lowest BCUT2D eigenvalue weighted by molar-refractivity contribution is 0.0469. The van der Waals surface area contributed by atoms with Crippen LogP contribution in [0.2, 0.25) is 0 Å². The Kier molecular flexibility index (Phi) is 3.09. The van der Waals surface area contributed by atoms with Crippen LogP contribution in [0, 0.1) is 0 Å². The Hall–Kier alpha value is -1.71. The van der Waals surface area contributed by atoms with Crippen LogP contribution in [0.5, 0.6) is 5.75 Å². The van der Waals surface area contributed by atoms with E-state index in [0.29, 0.717) is 6.61 Å². The largest absolute Gasteiger partial charge is 0.493 e. The fourth-order valence-corrected chi connectivity index (χ4v) is 2.53. The molecular weight excluding hydrogens is 230 g/mol. The second-order valence-electron chi connectivity index (χ2n) is 4.74. The SMILES string of the molecule is O=C(OC1CCOc2ccccc21)N1CCCC1. The van der Waals surface area contributed by atoms with E-state index in [4.69, 9.17) is 9.47 Å². The fourth-order valence-electron chi connectivity index (χ4n) is 2.53. The van der Waals surface area contributed by atoms with Crippen LogP contribution in [-0.4, -0.2) is 30.7 Å². The Balaban J connectivity index is 1.72. The fraction of sp³-hybridized carbons (Fsp3) is 0.500. The Bertz CT molecular complexity index is 440. The molecule has 0 spiro atoms. The second kappa shape index (κ2) is 4.88. The summed E-state index contributed by atoms with van der Waals surface area (Å²) in [4.78, 5) is 13.8. The van der Waals surface area contributed by atoms with Crippen molar-refractivity contribution in [2.24, 2.45) is 0 Å². The van der Waals surface area contributed by atoms with Crippen LogP contribution in [0.3, 0.4) is 0 Å². The molecule has 2 aliphatic rings. The van der Waals surface area contributed by atoms with Crippen LogP contribution in [-0.2, 0) is 4.74 Å². The van der Waals surface area contributed by atoms with Gasteiger partial charge in [0.15, 0.2) is 0 Å². The van der Waals surface area contributed by atoms with Crippen molar-refractivity contribution in [3.8, 4) is 5.75 Å². The predicted molar refractivity (Wildman–Crippen MR) is 66.6 cm³/mol. The van der Waals surface area contributed by atoms with Gasteiger partial charge in [-0.1, -0.05) is 18.2 Å². The number of likely N-dealkylation sites (tertiary alicyclic amines) is 1. The molecule has 0 bridgehead atoms. The summed E-state index contributed by atoms with van der Waals surface area (Å²) < 4.78 is 11.2. The molecule has 1 aromatic rings. The standard InChI is InChI=1S/C14H17NO3/c16-14(15-8-3-4-9-15)18-13-7-10-17-12-6-2-1-5-11(12)13/h1-2,5-6,13H,3-4,7-10H2. The Morgan fingerprint density at radius 2 is 2.06 bits per heavy atom. The molecule has 0 aromatic heterocycles. The molecule has 1 unspecified atom stereocenters. The molecule has 0 N–H and O–H groups in total. The van der Waals surface area contributed by atoms with Gasteiger partial charge >= 0.3 is 6.09 Å². The number of fused-ring (bicyclic) bond motifs is 1. The van der Waals surface area contributed by atoms with Gasteiger partial charge in [0.05, 0.1) is 6.61 Å². The first kappa shape index (κ1) is 11.4. The maximum absolute atomic E-state index is 12.0. The normalized spacial score (nSPS) is 22.2. The molecule has 1 aromatic carbocycles. The molecule has 3 rings (SSSR count). The van der Waals surface area contributed by atoms with Crippen molar-refractivity contribution in [3.63, 3.8) is 0 Å². The maximum atomic E-state index is 12.0. The van der Waals surface area contributed by atoms with Crippen molar-refractivity contribution < 1.29 is 14.3 Å². The number of nitrogens with zero attached hydrogens (tertiary/aromatic N) is 1. The van der Waals surface area contributed by atoms with E-state index in [-0.39, 0.29) is 12.2 Å². The summed E-state index contributed by atoms with van der Waals surface area (Å²) in [5, 5.41) is 0. The lowest BCUT2D eigenvalue weighted by Crippen LogP contribution is -2.31. The minimum atomic E-state index is -0.186. The van der Waals surface area contributed by atoms with Crippen LogP contribution in [0.4, 0.5) is 4.79 Å². The van der Waals surface area contributed by atoms with Crippen molar-refractivity contribution in [2.75, 3.05) is 19.7 Å². The molecule has 0 radical (unpaired) electrons. The lowest BCUT2D eigenvalue weighted by Gasteiger charge is -2.27. The van der Waals surface area contributed by atoms with E-state index in [1.165, 1.54) is 0 Å². The molecule has 2 aliphatic heterocycles. The van der Waals surface area contributed by atoms with Crippen LogP contribution in [0.1, 0.15) is 30.9 Å². The third-order valence-corrected chi connectivity index (χ3v) is 3.51. The minimum absolute atomic E-state index is 0.164. The van der Waals surface area contributed by atoms with Gasteiger partial charge in [-0.05, 0) is 18.9 Å². The van der Waals surface area contributed by atoms with Gasteiger partial charge in [0.25, 0.3) is 0 Å². The number of ether oxygens (including phenoxy) is 2. The highest BCUT2D eigenvalue weighted by molar-refractivity contribution is 5.68. The molecule has 4 heteroatoms. The number of carbonyl (C=O) groups excluding carboxylic acids is 1. The van der Waals surface area contributed by atoms with Gasteiger partial charge in [0.1, 0.15) is 11.9 Å². The maximum Gasteiger partial charge on any atom is 0.410 e. The zero-order valence-electron chi connectivity index (χ0n) is 10.3. The summed E-state index contributed by atoms with van der Waals surface area (Å²) in [6.07, 6.45) is 2.55. The smallest absolute Gasteiger partial charge is 0.410 e. The number of para-hydroxylation sites is 1. The Morgan fingerprint density at radius 1 is 1.28 bits per heavy atom. The molecule has 96 valence electrons. The zero-order chi connectivity index (χ0) is 12.4. The van der Waals surface area contributed by atoms with E-state index in [9.17, 15) is 4.79 Å². The molecule has 0 saturated carbocycles. The van der Waals surface area contributed by atoms with E-state index in [1.54, 1.807) is 4.90 Å². The second-order valence-corrected chi connectivity index (χ2v) is 4.74. The van der Waals surface area contributed by atoms with E-state index in [2.05, 4.69) is 0 Å². The van der Waals surface area contributed by atoms with Gasteiger partial charge in [-0.2, -0.15) is 0 Å². The lowest BCUT2D eigenvalue weighted by atomic mass is 10.0. The van der Waals surface area contributed by atoms with Crippen molar-refractivity contribution in [3.05, 3.63) is 29.8 Å². The number of hydrogen-bond acceptors (Lipinski definition) is 3. The predicted octanol–water partition coefficient (Wildman–Crippen LogP) is 2.74. The van der Waals surface area contributed by atoms with Gasteiger partial charge in [-0.3, -0.25) is 0 Å². The van der Waals surface area contributed by atoms with Crippen LogP contribution in [0.15, 0.2) is 24.3 Å². The van der Waals surface area contributed by atoms with Crippen molar-refractivity contribution >= 4 is 6.09 Å². The van der Waals surface area contributed by atoms with Gasteiger partial charge in [0.2, 0.25) is 0 Å². The summed E-state index contributed by atoms with van der Waals surface area (Å²) in [7, 11) is 0. The molecule has 4 nitrogen and oxygen atoms in total. The van der Waals surface area contributed by atoms with E-state index >= 15 is 0 Å². The first-order valence-corrected chi connectivity index (χ1v) is 6.52. The number of benzene rings is 1. The number of hydrogen-bond donors (Lipinski definition) is 0. The highest BCUT2D eigenvalue weighted by Crippen LogP contribution is 2.34. The van der Waals surface area contributed by atoms with Crippen LogP contribution >= 0.6 is 0 Å². The third kappa shape index (κ3) is 2.15. The van der Waals surface area contributed by atoms with Crippen molar-refractivity contribution in [1.82, 2.24) is 4.90 Å². The topological polar surface area (TPSA) is 38.8 Å². The third-order valence-electron chi connectivity index (χ3n) is 3.51. The Morgan fingerprint density at radius 3 is 2.89 bits per heavy atom. The van der Waals surface area contributed by atoms with E-state index in [0.717, 1.165) is 43.7 Å². The zero-order valence-corrected chi connectivity index (χ0v) is 10.3. The molecular formula is C14H17NO3. The highest BCUT2D eigenvalue weighted by Gasteiger charge is 2.27. The summed E-state index contributed by atoms with van der Waals surface area (Å²) in [5.41, 5.74) is 0.983. The first-order chi connectivity index (χ1) is 8.84. The average molecular weight is 247 g/mol. The molecule has 1 atom stereocenters. The average Bonchev–Trinajstić information content (AvgIpc) is 2.93. The van der Waals surface area contributed by atoms with Gasteiger partial charge in [-0.15, -0.1) is 0 Å². The molecule has 2 heterocycles. The highest BCUT2D eigenvalue weighted by atomic mass is 16.6. The molecule has 1 amide bonds. The summed E-state index contributed by atoms with van der Waals surface area (Å²) in [6.45, 7) is 2.25. The van der Waals surface area contributed by atoms with E-state index < -0.39 is 0 Å². The number of amides is 1. The quantitative estimate of drug-likeness (QED) is 0.766. The molecule has 18 heavy (non-hydrogen) atoms. The van der Waals surface area contributed by atoms with Gasteiger partial charge in [-0.25, -0.2) is 4.79 Å². The summed E-state index contributed by atoms with van der Waals surface area (Å²) >= 11 is 0.